The van der Waals surface area contributed by atoms with Crippen molar-refractivity contribution in [1.29, 1.82) is 0 Å². The number of hydrogen-bond donors (Lipinski definition) is 1. The molecule has 39 valence electrons. The second-order valence-corrected chi connectivity index (χ2v) is 1.09. The zero-order valence-electron chi connectivity index (χ0n) is 2.77. The molecule has 1 radical (unpaired) electrons. The number of carboxylic acid groups (broad SMARTS) is 1. The van der Waals surface area contributed by atoms with E-state index >= 15 is 0 Å². The van der Waals surface area contributed by atoms with Gasteiger partial charge in [-0.1, -0.05) is 15.9 Å². The molecule has 0 aromatic rings. The van der Waals surface area contributed by atoms with Crippen LogP contribution >= 0.6 is 15.9 Å². The fourth-order valence-corrected chi connectivity index (χ4v) is 0. The summed E-state index contributed by atoms with van der Waals surface area (Å²) < 4.78 is 0. The van der Waals surface area contributed by atoms with Crippen molar-refractivity contribution >= 4 is 21.9 Å². The molecule has 0 fully saturated rings. The molecule has 0 aliphatic carbocycles. The van der Waals surface area contributed by atoms with E-state index in [0.29, 0.717) is 0 Å². The molecule has 0 aliphatic heterocycles. The summed E-state index contributed by atoms with van der Waals surface area (Å²) in [5.74, 6) is -0.829. The number of aliphatic carboxylic acids is 1. The van der Waals surface area contributed by atoms with Gasteiger partial charge in [0.2, 0.25) is 0 Å². The number of halogens is 1. The molecule has 0 atom stereocenters. The largest absolute Gasteiger partial charge is 0.481 e. The van der Waals surface area contributed by atoms with E-state index in [4.69, 9.17) is 5.11 Å². The summed E-state index contributed by atoms with van der Waals surface area (Å²) in [6.07, 6.45) is 0. The van der Waals surface area contributed by atoms with E-state index < -0.39 is 5.97 Å². The van der Waals surface area contributed by atoms with Crippen LogP contribution in [0.5, 0.6) is 0 Å². The van der Waals surface area contributed by atoms with Crippen LogP contribution in [0.4, 0.5) is 0 Å². The zero-order valence-corrected chi connectivity index (χ0v) is 5.40. The van der Waals surface area contributed by atoms with Gasteiger partial charge in [-0.3, -0.25) is 4.79 Å². The Balaban J connectivity index is 0. The summed E-state index contributed by atoms with van der Waals surface area (Å²) in [4.78, 5) is 9.32. The average Bonchev–Trinajstić information content (AvgIpc) is 1.38. The minimum atomic E-state index is -0.829. The fraction of sp³-hybridized carbons (Fsp3) is 0.500. The molecular weight excluding hydrogens is 195 g/mol. The van der Waals surface area contributed by atoms with Gasteiger partial charge >= 0.3 is 5.97 Å². The Bertz CT molecular complexity index is 46.8. The number of carboxylic acids is 1. The van der Waals surface area contributed by atoms with Crippen molar-refractivity contribution < 1.29 is 26.7 Å². The summed E-state index contributed by atoms with van der Waals surface area (Å²) in [6.45, 7) is 0. The third-order valence-electron chi connectivity index (χ3n) is 0.114. The maximum atomic E-state index is 9.32. The number of hydrogen-bond acceptors (Lipinski definition) is 1. The topological polar surface area (TPSA) is 37.3 Å². The molecule has 2 nitrogen and oxygen atoms in total. The molecule has 0 unspecified atom stereocenters. The fourth-order valence-electron chi connectivity index (χ4n) is 0. The van der Waals surface area contributed by atoms with Gasteiger partial charge < -0.3 is 5.11 Å². The van der Waals surface area contributed by atoms with Crippen LogP contribution in [0.15, 0.2) is 0 Å². The predicted octanol–water partition coefficient (Wildman–Crippen LogP) is 0.463. The summed E-state index contributed by atoms with van der Waals surface area (Å²) in [5.41, 5.74) is 0. The molecule has 0 bridgehead atoms. The molecular formula is C2H3BrCoO2. The van der Waals surface area contributed by atoms with E-state index in [2.05, 4.69) is 15.9 Å². The second kappa shape index (κ2) is 5.46. The molecule has 0 aliphatic rings. The van der Waals surface area contributed by atoms with E-state index in [1.165, 1.54) is 0 Å². The Morgan fingerprint density at radius 3 is 2.00 bits per heavy atom. The molecule has 0 spiro atoms. The van der Waals surface area contributed by atoms with Crippen molar-refractivity contribution in [2.75, 3.05) is 5.33 Å². The van der Waals surface area contributed by atoms with Gasteiger partial charge in [0.25, 0.3) is 0 Å². The maximum Gasteiger partial charge on any atom is 0.314 e. The normalized spacial score (nSPS) is 6.17. The first-order valence-corrected chi connectivity index (χ1v) is 2.17. The van der Waals surface area contributed by atoms with Gasteiger partial charge in [0.05, 0.1) is 0 Å². The van der Waals surface area contributed by atoms with Crippen LogP contribution in [0.25, 0.3) is 0 Å². The van der Waals surface area contributed by atoms with Gasteiger partial charge in [-0.15, -0.1) is 0 Å². The van der Waals surface area contributed by atoms with E-state index in [0.717, 1.165) is 0 Å². The van der Waals surface area contributed by atoms with Crippen molar-refractivity contribution in [3.05, 3.63) is 0 Å². The molecule has 1 N–H and O–H groups in total. The van der Waals surface area contributed by atoms with Gasteiger partial charge in [-0.2, -0.15) is 0 Å². The van der Waals surface area contributed by atoms with Gasteiger partial charge in [0.15, 0.2) is 0 Å². The molecule has 0 aromatic heterocycles. The molecule has 0 saturated heterocycles. The molecule has 0 rings (SSSR count). The van der Waals surface area contributed by atoms with Gasteiger partial charge in [0, 0.05) is 16.8 Å². The van der Waals surface area contributed by atoms with Crippen LogP contribution < -0.4 is 0 Å². The zero-order chi connectivity index (χ0) is 4.28. The van der Waals surface area contributed by atoms with Crippen molar-refractivity contribution in [2.24, 2.45) is 0 Å². The van der Waals surface area contributed by atoms with Crippen molar-refractivity contribution in [1.82, 2.24) is 0 Å². The minimum Gasteiger partial charge on any atom is -0.481 e. The Labute approximate surface area is 54.2 Å². The van der Waals surface area contributed by atoms with E-state index in [1.807, 2.05) is 0 Å². The summed E-state index contributed by atoms with van der Waals surface area (Å²) in [6, 6.07) is 0. The first-order valence-electron chi connectivity index (χ1n) is 1.05. The molecule has 6 heavy (non-hydrogen) atoms. The first kappa shape index (κ1) is 9.68. The molecule has 4 heteroatoms. The van der Waals surface area contributed by atoms with Crippen molar-refractivity contribution in [3.63, 3.8) is 0 Å². The Kier molecular flexibility index (Phi) is 8.80. The Morgan fingerprint density at radius 1 is 1.83 bits per heavy atom. The Hall–Kier alpha value is 0.456. The van der Waals surface area contributed by atoms with E-state index in [-0.39, 0.29) is 22.1 Å². The first-order chi connectivity index (χ1) is 2.27. The van der Waals surface area contributed by atoms with E-state index in [9.17, 15) is 4.79 Å². The molecule has 0 saturated carbocycles. The Morgan fingerprint density at radius 2 is 2.00 bits per heavy atom. The van der Waals surface area contributed by atoms with Crippen LogP contribution in [-0.2, 0) is 21.6 Å². The average molecular weight is 198 g/mol. The van der Waals surface area contributed by atoms with Crippen LogP contribution in [0.1, 0.15) is 0 Å². The minimum absolute atomic E-state index is 0. The van der Waals surface area contributed by atoms with Crippen molar-refractivity contribution in [2.45, 2.75) is 0 Å². The molecule has 0 heterocycles. The SMILES string of the molecule is O=C(O)CBr.[Co]. The van der Waals surface area contributed by atoms with Crippen LogP contribution in [-0.4, -0.2) is 16.4 Å². The third-order valence-corrected chi connectivity index (χ3v) is 0.594. The summed E-state index contributed by atoms with van der Waals surface area (Å²) in [5, 5.41) is 7.71. The smallest absolute Gasteiger partial charge is 0.314 e. The van der Waals surface area contributed by atoms with Crippen LogP contribution in [0.2, 0.25) is 0 Å². The predicted molar refractivity (Wildman–Crippen MR) is 21.4 cm³/mol. The summed E-state index contributed by atoms with van der Waals surface area (Å²) in [7, 11) is 0. The summed E-state index contributed by atoms with van der Waals surface area (Å²) >= 11 is 2.71. The van der Waals surface area contributed by atoms with Crippen LogP contribution in [0.3, 0.4) is 0 Å². The standard InChI is InChI=1S/C2H3BrO2.Co/c3-1-2(4)5;/h1H2,(H,4,5);. The van der Waals surface area contributed by atoms with Gasteiger partial charge in [0.1, 0.15) is 5.33 Å². The quantitative estimate of drug-likeness (QED) is 0.621. The van der Waals surface area contributed by atoms with E-state index in [1.54, 1.807) is 0 Å². The molecule has 0 aromatic carbocycles. The van der Waals surface area contributed by atoms with Crippen LogP contribution in [0, 0.1) is 0 Å². The molecule has 0 amide bonds. The van der Waals surface area contributed by atoms with Gasteiger partial charge in [-0.05, 0) is 0 Å². The second-order valence-electron chi connectivity index (χ2n) is 0.527. The number of alkyl halides is 1. The number of carbonyl (C=O) groups is 1. The van der Waals surface area contributed by atoms with Gasteiger partial charge in [-0.25, -0.2) is 0 Å². The monoisotopic (exact) mass is 197 g/mol. The maximum absolute atomic E-state index is 9.32. The third kappa shape index (κ3) is 8.82. The van der Waals surface area contributed by atoms with Crippen molar-refractivity contribution in [3.8, 4) is 0 Å². The number of rotatable bonds is 1.